The maximum absolute atomic E-state index is 3.73. The first-order valence-corrected chi connectivity index (χ1v) is 7.61. The van der Waals surface area contributed by atoms with Crippen molar-refractivity contribution in [3.8, 4) is 0 Å². The van der Waals surface area contributed by atoms with Gasteiger partial charge in [-0.05, 0) is 44.6 Å². The van der Waals surface area contributed by atoms with E-state index in [0.717, 1.165) is 24.0 Å². The molecule has 0 radical (unpaired) electrons. The Labute approximate surface area is 105 Å². The quantitative estimate of drug-likeness (QED) is 0.767. The van der Waals surface area contributed by atoms with Crippen molar-refractivity contribution in [1.82, 2.24) is 15.1 Å². The number of nitrogens with one attached hydrogen (secondary N) is 1. The third-order valence-electron chi connectivity index (χ3n) is 5.40. The average Bonchev–Trinajstić information content (AvgIpc) is 2.94. The number of nitrogens with zero attached hydrogens (tertiary/aromatic N) is 2. The van der Waals surface area contributed by atoms with Crippen LogP contribution in [-0.4, -0.2) is 60.6 Å². The molecule has 3 saturated heterocycles. The predicted molar refractivity (Wildman–Crippen MR) is 69.1 cm³/mol. The predicted octanol–water partition coefficient (Wildman–Crippen LogP) is 0.907. The van der Waals surface area contributed by atoms with Crippen molar-refractivity contribution in [3.63, 3.8) is 0 Å². The number of piperidine rings is 1. The van der Waals surface area contributed by atoms with Crippen LogP contribution < -0.4 is 5.32 Å². The third kappa shape index (κ3) is 2.02. The SMILES string of the molecule is C1CN[C@@H]2CN(C3CCN(C4CC4)C3)C[C@@H]2C1. The summed E-state index contributed by atoms with van der Waals surface area (Å²) in [6.45, 7) is 6.70. The summed E-state index contributed by atoms with van der Waals surface area (Å²) in [5, 5.41) is 3.73. The molecule has 0 spiro atoms. The highest BCUT2D eigenvalue weighted by Crippen LogP contribution is 2.33. The molecular weight excluding hydrogens is 210 g/mol. The zero-order valence-corrected chi connectivity index (χ0v) is 10.8. The Morgan fingerprint density at radius 1 is 0.824 bits per heavy atom. The van der Waals surface area contributed by atoms with Crippen molar-refractivity contribution >= 4 is 0 Å². The van der Waals surface area contributed by atoms with Gasteiger partial charge in [-0.15, -0.1) is 0 Å². The van der Waals surface area contributed by atoms with Gasteiger partial charge in [0.2, 0.25) is 0 Å². The Morgan fingerprint density at radius 2 is 1.76 bits per heavy atom. The number of rotatable bonds is 2. The summed E-state index contributed by atoms with van der Waals surface area (Å²) in [4.78, 5) is 5.55. The second-order valence-corrected chi connectivity index (χ2v) is 6.59. The maximum atomic E-state index is 3.73. The van der Waals surface area contributed by atoms with Crippen molar-refractivity contribution in [2.75, 3.05) is 32.7 Å². The van der Waals surface area contributed by atoms with Crippen LogP contribution >= 0.6 is 0 Å². The minimum absolute atomic E-state index is 0.818. The normalized spacial score (nSPS) is 44.1. The lowest BCUT2D eigenvalue weighted by molar-refractivity contribution is 0.221. The molecule has 0 aromatic heterocycles. The van der Waals surface area contributed by atoms with Crippen LogP contribution in [0.15, 0.2) is 0 Å². The Bertz CT molecular complexity index is 275. The number of hydrogen-bond acceptors (Lipinski definition) is 3. The maximum Gasteiger partial charge on any atom is 0.0236 e. The topological polar surface area (TPSA) is 18.5 Å². The summed E-state index contributed by atoms with van der Waals surface area (Å²) in [5.74, 6) is 0.957. The first kappa shape index (κ1) is 10.8. The van der Waals surface area contributed by atoms with Crippen LogP contribution in [0.25, 0.3) is 0 Å². The van der Waals surface area contributed by atoms with Crippen molar-refractivity contribution in [2.45, 2.75) is 50.2 Å². The van der Waals surface area contributed by atoms with Gasteiger partial charge in [0.25, 0.3) is 0 Å². The Morgan fingerprint density at radius 3 is 2.59 bits per heavy atom. The Kier molecular flexibility index (Phi) is 2.67. The molecule has 0 aromatic rings. The Balaban J connectivity index is 1.36. The van der Waals surface area contributed by atoms with E-state index in [0.29, 0.717) is 0 Å². The van der Waals surface area contributed by atoms with E-state index in [4.69, 9.17) is 0 Å². The van der Waals surface area contributed by atoms with Crippen LogP contribution in [-0.2, 0) is 0 Å². The molecule has 96 valence electrons. The molecule has 3 heterocycles. The molecule has 3 aliphatic heterocycles. The molecule has 17 heavy (non-hydrogen) atoms. The number of likely N-dealkylation sites (tertiary alicyclic amines) is 2. The Hall–Kier alpha value is -0.120. The molecule has 4 aliphatic rings. The second-order valence-electron chi connectivity index (χ2n) is 6.59. The first-order valence-electron chi connectivity index (χ1n) is 7.61. The van der Waals surface area contributed by atoms with E-state index in [1.54, 1.807) is 0 Å². The van der Waals surface area contributed by atoms with E-state index in [2.05, 4.69) is 15.1 Å². The van der Waals surface area contributed by atoms with Gasteiger partial charge in [0, 0.05) is 44.3 Å². The van der Waals surface area contributed by atoms with E-state index in [9.17, 15) is 0 Å². The summed E-state index contributed by atoms with van der Waals surface area (Å²) in [5.41, 5.74) is 0. The van der Waals surface area contributed by atoms with E-state index in [-0.39, 0.29) is 0 Å². The van der Waals surface area contributed by atoms with Crippen LogP contribution in [0.4, 0.5) is 0 Å². The minimum Gasteiger partial charge on any atom is -0.312 e. The number of fused-ring (bicyclic) bond motifs is 1. The van der Waals surface area contributed by atoms with Crippen molar-refractivity contribution in [1.29, 1.82) is 0 Å². The van der Waals surface area contributed by atoms with Crippen LogP contribution in [0.5, 0.6) is 0 Å². The smallest absolute Gasteiger partial charge is 0.0236 e. The molecule has 0 bridgehead atoms. The van der Waals surface area contributed by atoms with Gasteiger partial charge in [-0.1, -0.05) is 0 Å². The second kappa shape index (κ2) is 4.22. The van der Waals surface area contributed by atoms with E-state index in [1.165, 1.54) is 64.8 Å². The highest BCUT2D eigenvalue weighted by atomic mass is 15.3. The molecule has 0 aromatic carbocycles. The summed E-state index contributed by atoms with van der Waals surface area (Å²) in [6.07, 6.45) is 7.23. The van der Waals surface area contributed by atoms with Crippen molar-refractivity contribution in [2.24, 2.45) is 5.92 Å². The van der Waals surface area contributed by atoms with Crippen LogP contribution in [0.2, 0.25) is 0 Å². The summed E-state index contributed by atoms with van der Waals surface area (Å²) in [7, 11) is 0. The van der Waals surface area contributed by atoms with Crippen LogP contribution in [0.1, 0.15) is 32.1 Å². The van der Waals surface area contributed by atoms with Crippen molar-refractivity contribution in [3.05, 3.63) is 0 Å². The van der Waals surface area contributed by atoms with Gasteiger partial charge in [0.05, 0.1) is 0 Å². The fourth-order valence-electron chi connectivity index (χ4n) is 4.22. The average molecular weight is 235 g/mol. The van der Waals surface area contributed by atoms with Gasteiger partial charge in [0.1, 0.15) is 0 Å². The van der Waals surface area contributed by atoms with Crippen LogP contribution in [0.3, 0.4) is 0 Å². The fraction of sp³-hybridized carbons (Fsp3) is 1.00. The molecule has 1 aliphatic carbocycles. The lowest BCUT2D eigenvalue weighted by Crippen LogP contribution is -2.41. The first-order chi connectivity index (χ1) is 8.40. The molecule has 4 fully saturated rings. The van der Waals surface area contributed by atoms with Crippen molar-refractivity contribution < 1.29 is 0 Å². The van der Waals surface area contributed by atoms with Gasteiger partial charge in [0.15, 0.2) is 0 Å². The lowest BCUT2D eigenvalue weighted by atomic mass is 9.94. The molecule has 3 nitrogen and oxygen atoms in total. The van der Waals surface area contributed by atoms with Gasteiger partial charge in [-0.25, -0.2) is 0 Å². The fourth-order valence-corrected chi connectivity index (χ4v) is 4.22. The monoisotopic (exact) mass is 235 g/mol. The lowest BCUT2D eigenvalue weighted by Gasteiger charge is -2.25. The number of hydrogen-bond donors (Lipinski definition) is 1. The van der Waals surface area contributed by atoms with Gasteiger partial charge >= 0.3 is 0 Å². The minimum atomic E-state index is 0.818. The summed E-state index contributed by atoms with van der Waals surface area (Å²) in [6, 6.07) is 2.67. The highest BCUT2D eigenvalue weighted by Gasteiger charge is 2.41. The summed E-state index contributed by atoms with van der Waals surface area (Å²) < 4.78 is 0. The van der Waals surface area contributed by atoms with Gasteiger partial charge in [-0.3, -0.25) is 9.80 Å². The molecule has 0 amide bonds. The molecule has 3 heteroatoms. The highest BCUT2D eigenvalue weighted by molar-refractivity contribution is 4.98. The summed E-state index contributed by atoms with van der Waals surface area (Å²) >= 11 is 0. The largest absolute Gasteiger partial charge is 0.312 e. The standard InChI is InChI=1S/C14H25N3/c1-2-11-8-17(10-14(11)15-6-1)13-5-7-16(9-13)12-3-4-12/h11-15H,1-10H2/t11-,13?,14+/m0/s1. The molecule has 1 unspecified atom stereocenters. The molecule has 3 atom stereocenters. The van der Waals surface area contributed by atoms with Gasteiger partial charge in [-0.2, -0.15) is 0 Å². The van der Waals surface area contributed by atoms with Crippen LogP contribution in [0, 0.1) is 5.92 Å². The third-order valence-corrected chi connectivity index (χ3v) is 5.40. The zero-order valence-electron chi connectivity index (χ0n) is 10.8. The molecule has 1 saturated carbocycles. The van der Waals surface area contributed by atoms with E-state index >= 15 is 0 Å². The van der Waals surface area contributed by atoms with E-state index < -0.39 is 0 Å². The molecule has 4 rings (SSSR count). The van der Waals surface area contributed by atoms with E-state index in [1.807, 2.05) is 0 Å². The molecule has 1 N–H and O–H groups in total. The zero-order chi connectivity index (χ0) is 11.2. The van der Waals surface area contributed by atoms with Gasteiger partial charge < -0.3 is 5.32 Å². The molecular formula is C14H25N3.